The van der Waals surface area contributed by atoms with Crippen LogP contribution in [0.25, 0.3) is 0 Å². The summed E-state index contributed by atoms with van der Waals surface area (Å²) >= 11 is 0. The average Bonchev–Trinajstić information content (AvgIpc) is 2.60. The van der Waals surface area contributed by atoms with Crippen LogP contribution in [0.3, 0.4) is 0 Å². The van der Waals surface area contributed by atoms with Crippen molar-refractivity contribution >= 4 is 23.2 Å². The maximum atomic E-state index is 12.3. The number of carbonyl (C=O) groups excluding carboxylic acids is 2. The van der Waals surface area contributed by atoms with E-state index in [4.69, 9.17) is 5.26 Å². The Labute approximate surface area is 141 Å². The van der Waals surface area contributed by atoms with E-state index in [2.05, 4.69) is 5.32 Å². The number of rotatable bonds is 5. The van der Waals surface area contributed by atoms with Gasteiger partial charge in [-0.1, -0.05) is 25.1 Å². The molecule has 1 N–H and O–H groups in total. The fourth-order valence-electron chi connectivity index (χ4n) is 2.38. The molecule has 0 aliphatic rings. The molecule has 5 heteroatoms. The lowest BCUT2D eigenvalue weighted by atomic mass is 10.1. The van der Waals surface area contributed by atoms with Crippen molar-refractivity contribution in [3.05, 3.63) is 59.7 Å². The predicted molar refractivity (Wildman–Crippen MR) is 93.6 cm³/mol. The summed E-state index contributed by atoms with van der Waals surface area (Å²) in [7, 11) is 0. The summed E-state index contributed by atoms with van der Waals surface area (Å²) in [6.07, 6.45) is 0.808. The Hall–Kier alpha value is -3.13. The fraction of sp³-hybridized carbons (Fsp3) is 0.211. The highest BCUT2D eigenvalue weighted by Crippen LogP contribution is 2.18. The van der Waals surface area contributed by atoms with Crippen LogP contribution in [-0.2, 0) is 16.0 Å². The maximum absolute atomic E-state index is 12.3. The van der Waals surface area contributed by atoms with Crippen LogP contribution in [0.1, 0.15) is 25.0 Å². The van der Waals surface area contributed by atoms with Crippen LogP contribution < -0.4 is 10.2 Å². The summed E-state index contributed by atoms with van der Waals surface area (Å²) in [5.41, 5.74) is 2.89. The van der Waals surface area contributed by atoms with E-state index in [1.165, 1.54) is 11.8 Å². The molecule has 2 aromatic carbocycles. The first-order valence-electron chi connectivity index (χ1n) is 7.71. The van der Waals surface area contributed by atoms with E-state index in [9.17, 15) is 9.59 Å². The van der Waals surface area contributed by atoms with Crippen LogP contribution in [0.4, 0.5) is 11.4 Å². The van der Waals surface area contributed by atoms with Crippen LogP contribution in [0.15, 0.2) is 48.5 Å². The third-order valence-corrected chi connectivity index (χ3v) is 3.66. The zero-order chi connectivity index (χ0) is 17.5. The highest BCUT2D eigenvalue weighted by atomic mass is 16.2. The number of anilines is 2. The van der Waals surface area contributed by atoms with Crippen LogP contribution in [0.5, 0.6) is 0 Å². The zero-order valence-electron chi connectivity index (χ0n) is 13.7. The molecule has 0 saturated carbocycles. The number of nitrogens with one attached hydrogen (secondary N) is 1. The molecule has 2 aromatic rings. The third kappa shape index (κ3) is 4.20. The van der Waals surface area contributed by atoms with Crippen molar-refractivity contribution in [2.75, 3.05) is 16.8 Å². The lowest BCUT2D eigenvalue weighted by Gasteiger charge is -2.21. The molecule has 0 aliphatic carbocycles. The van der Waals surface area contributed by atoms with Crippen molar-refractivity contribution in [1.29, 1.82) is 5.26 Å². The smallest absolute Gasteiger partial charge is 0.244 e. The summed E-state index contributed by atoms with van der Waals surface area (Å²) in [5, 5.41) is 11.7. The van der Waals surface area contributed by atoms with E-state index < -0.39 is 0 Å². The summed E-state index contributed by atoms with van der Waals surface area (Å²) in [6.45, 7) is 3.34. The fourth-order valence-corrected chi connectivity index (χ4v) is 2.38. The van der Waals surface area contributed by atoms with Crippen molar-refractivity contribution in [3.63, 3.8) is 0 Å². The molecular weight excluding hydrogens is 302 g/mol. The summed E-state index contributed by atoms with van der Waals surface area (Å²) in [5.74, 6) is -0.505. The second kappa shape index (κ2) is 7.93. The monoisotopic (exact) mass is 321 g/mol. The predicted octanol–water partition coefficient (Wildman–Crippen LogP) is 3.11. The summed E-state index contributed by atoms with van der Waals surface area (Å²) < 4.78 is 0. The molecule has 0 heterocycles. The van der Waals surface area contributed by atoms with Gasteiger partial charge in [0.05, 0.1) is 11.6 Å². The van der Waals surface area contributed by atoms with Gasteiger partial charge in [-0.05, 0) is 42.3 Å². The quantitative estimate of drug-likeness (QED) is 0.919. The number of para-hydroxylation sites is 1. The minimum absolute atomic E-state index is 0.0840. The normalized spacial score (nSPS) is 9.88. The first-order valence-corrected chi connectivity index (χ1v) is 7.71. The van der Waals surface area contributed by atoms with Gasteiger partial charge in [0, 0.05) is 18.3 Å². The molecule has 0 atom stereocenters. The molecule has 0 saturated heterocycles. The topological polar surface area (TPSA) is 73.2 Å². The van der Waals surface area contributed by atoms with Gasteiger partial charge >= 0.3 is 0 Å². The van der Waals surface area contributed by atoms with E-state index in [1.54, 1.807) is 24.3 Å². The first kappa shape index (κ1) is 17.2. The number of nitriles is 1. The molecule has 24 heavy (non-hydrogen) atoms. The highest BCUT2D eigenvalue weighted by molar-refractivity contribution is 6.02. The summed E-state index contributed by atoms with van der Waals surface area (Å²) in [4.78, 5) is 25.6. The molecule has 0 radical (unpaired) electrons. The van der Waals surface area contributed by atoms with E-state index in [0.717, 1.165) is 17.7 Å². The second-order valence-corrected chi connectivity index (χ2v) is 5.32. The average molecular weight is 321 g/mol. The number of hydrogen-bond acceptors (Lipinski definition) is 3. The number of nitrogens with zero attached hydrogens (tertiary/aromatic N) is 2. The van der Waals surface area contributed by atoms with Gasteiger partial charge in [-0.15, -0.1) is 0 Å². The molecule has 5 nitrogen and oxygen atoms in total. The molecule has 0 aliphatic heterocycles. The molecule has 2 amide bonds. The number of amides is 2. The molecular formula is C19H19N3O2. The Morgan fingerprint density at radius 2 is 1.79 bits per heavy atom. The summed E-state index contributed by atoms with van der Waals surface area (Å²) in [6, 6.07) is 16.2. The molecule has 0 spiro atoms. The van der Waals surface area contributed by atoms with Gasteiger partial charge < -0.3 is 10.2 Å². The standard InChI is InChI=1S/C19H19N3O2/c1-3-16-6-4-5-7-18(16)21-19(24)13-22(14(2)23)17-10-8-15(12-20)9-11-17/h4-11H,3,13H2,1-2H3,(H,21,24). The van der Waals surface area contributed by atoms with Crippen molar-refractivity contribution in [3.8, 4) is 6.07 Å². The van der Waals surface area contributed by atoms with E-state index >= 15 is 0 Å². The zero-order valence-corrected chi connectivity index (χ0v) is 13.7. The maximum Gasteiger partial charge on any atom is 0.244 e. The van der Waals surface area contributed by atoms with Gasteiger partial charge in [0.25, 0.3) is 0 Å². The molecule has 0 fully saturated rings. The molecule has 122 valence electrons. The molecule has 0 bridgehead atoms. The number of benzene rings is 2. The van der Waals surface area contributed by atoms with Gasteiger partial charge in [-0.25, -0.2) is 0 Å². The van der Waals surface area contributed by atoms with Crippen LogP contribution in [0, 0.1) is 11.3 Å². The minimum atomic E-state index is -0.268. The van der Waals surface area contributed by atoms with Crippen LogP contribution in [0.2, 0.25) is 0 Å². The lowest BCUT2D eigenvalue weighted by Crippen LogP contribution is -2.36. The first-order chi connectivity index (χ1) is 11.5. The number of carbonyl (C=O) groups is 2. The Morgan fingerprint density at radius 1 is 1.12 bits per heavy atom. The van der Waals surface area contributed by atoms with Crippen LogP contribution >= 0.6 is 0 Å². The van der Waals surface area contributed by atoms with Gasteiger partial charge in [-0.2, -0.15) is 5.26 Å². The SMILES string of the molecule is CCc1ccccc1NC(=O)CN(C(C)=O)c1ccc(C#N)cc1. The Bertz CT molecular complexity index is 776. The number of hydrogen-bond donors (Lipinski definition) is 1. The van der Waals surface area contributed by atoms with E-state index in [-0.39, 0.29) is 18.4 Å². The number of aryl methyl sites for hydroxylation is 1. The van der Waals surface area contributed by atoms with E-state index in [0.29, 0.717) is 11.3 Å². The molecule has 0 aromatic heterocycles. The molecule has 2 rings (SSSR count). The van der Waals surface area contributed by atoms with Gasteiger partial charge in [0.15, 0.2) is 0 Å². The van der Waals surface area contributed by atoms with Gasteiger partial charge in [0.1, 0.15) is 6.54 Å². The van der Waals surface area contributed by atoms with E-state index in [1.807, 2.05) is 37.3 Å². The van der Waals surface area contributed by atoms with Crippen LogP contribution in [-0.4, -0.2) is 18.4 Å². The van der Waals surface area contributed by atoms with Crippen molar-refractivity contribution in [2.45, 2.75) is 20.3 Å². The van der Waals surface area contributed by atoms with Crippen molar-refractivity contribution in [1.82, 2.24) is 0 Å². The second-order valence-electron chi connectivity index (χ2n) is 5.32. The van der Waals surface area contributed by atoms with Crippen molar-refractivity contribution in [2.24, 2.45) is 0 Å². The Balaban J connectivity index is 2.14. The van der Waals surface area contributed by atoms with Crippen molar-refractivity contribution < 1.29 is 9.59 Å². The lowest BCUT2D eigenvalue weighted by molar-refractivity contribution is -0.120. The minimum Gasteiger partial charge on any atom is -0.324 e. The van der Waals surface area contributed by atoms with Gasteiger partial charge in [-0.3, -0.25) is 9.59 Å². The van der Waals surface area contributed by atoms with Gasteiger partial charge in [0.2, 0.25) is 11.8 Å². The largest absolute Gasteiger partial charge is 0.324 e. The highest BCUT2D eigenvalue weighted by Gasteiger charge is 2.16. The molecule has 0 unspecified atom stereocenters. The Morgan fingerprint density at radius 3 is 2.38 bits per heavy atom. The third-order valence-electron chi connectivity index (χ3n) is 3.66. The Kier molecular flexibility index (Phi) is 5.69.